The lowest BCUT2D eigenvalue weighted by atomic mass is 10.2. The third-order valence-corrected chi connectivity index (χ3v) is 5.62. The summed E-state index contributed by atoms with van der Waals surface area (Å²) in [6.45, 7) is 5.65. The van der Waals surface area contributed by atoms with Gasteiger partial charge in [0.25, 0.3) is 5.91 Å². The highest BCUT2D eigenvalue weighted by atomic mass is 32.2. The van der Waals surface area contributed by atoms with Crippen LogP contribution in [0.3, 0.4) is 0 Å². The van der Waals surface area contributed by atoms with Gasteiger partial charge in [-0.1, -0.05) is 13.0 Å². The second-order valence-electron chi connectivity index (χ2n) is 6.21. The van der Waals surface area contributed by atoms with Crippen molar-refractivity contribution >= 4 is 27.6 Å². The highest BCUT2D eigenvalue weighted by molar-refractivity contribution is 7.89. The first-order chi connectivity index (χ1) is 13.3. The van der Waals surface area contributed by atoms with Crippen LogP contribution in [0, 0.1) is 0 Å². The van der Waals surface area contributed by atoms with E-state index in [-0.39, 0.29) is 23.1 Å². The summed E-state index contributed by atoms with van der Waals surface area (Å²) in [5.41, 5.74) is 1.06. The number of nitrogens with one attached hydrogen (secondary N) is 2. The third-order valence-electron chi connectivity index (χ3n) is 4.03. The molecule has 0 aliphatic carbocycles. The lowest BCUT2D eigenvalue weighted by Crippen LogP contribution is -2.32. The Bertz CT molecular complexity index is 939. The fraction of sp³-hybridized carbons (Fsp3) is 0.300. The van der Waals surface area contributed by atoms with Crippen LogP contribution in [0.1, 0.15) is 47.9 Å². The van der Waals surface area contributed by atoms with Crippen molar-refractivity contribution in [2.45, 2.75) is 38.1 Å². The van der Waals surface area contributed by atoms with Gasteiger partial charge in [-0.2, -0.15) is 0 Å². The second kappa shape index (κ2) is 9.48. The largest absolute Gasteiger partial charge is 0.462 e. The minimum atomic E-state index is -3.70. The van der Waals surface area contributed by atoms with Gasteiger partial charge in [0.1, 0.15) is 0 Å². The maximum Gasteiger partial charge on any atom is 0.338 e. The normalized spacial score (nSPS) is 12.2. The Balaban J connectivity index is 2.14. The standard InChI is InChI=1S/C20H24N2O5S/c1-4-14(3)22-28(25,26)18-8-6-7-16(13-18)19(23)21-17-11-9-15(10-12-17)20(24)27-5-2/h6-14,22H,4-5H2,1-3H3,(H,21,23)/t14-/m0/s1. The van der Waals surface area contributed by atoms with Crippen molar-refractivity contribution < 1.29 is 22.7 Å². The van der Waals surface area contributed by atoms with Crippen LogP contribution in [0.5, 0.6) is 0 Å². The van der Waals surface area contributed by atoms with Crippen molar-refractivity contribution in [2.75, 3.05) is 11.9 Å². The molecule has 7 nitrogen and oxygen atoms in total. The van der Waals surface area contributed by atoms with Crippen molar-refractivity contribution in [1.29, 1.82) is 0 Å². The van der Waals surface area contributed by atoms with Crippen LogP contribution < -0.4 is 10.0 Å². The molecule has 2 rings (SSSR count). The van der Waals surface area contributed by atoms with Gasteiger partial charge in [0.05, 0.1) is 17.1 Å². The Morgan fingerprint density at radius 3 is 2.32 bits per heavy atom. The monoisotopic (exact) mass is 404 g/mol. The van der Waals surface area contributed by atoms with E-state index >= 15 is 0 Å². The lowest BCUT2D eigenvalue weighted by molar-refractivity contribution is 0.0526. The van der Waals surface area contributed by atoms with Gasteiger partial charge >= 0.3 is 5.97 Å². The maximum atomic E-state index is 12.5. The molecule has 0 bridgehead atoms. The van der Waals surface area contributed by atoms with Crippen LogP contribution in [0.4, 0.5) is 5.69 Å². The SMILES string of the molecule is CCOC(=O)c1ccc(NC(=O)c2cccc(S(=O)(=O)N[C@@H](C)CC)c2)cc1. The first-order valence-corrected chi connectivity index (χ1v) is 10.5. The first kappa shape index (κ1) is 21.6. The number of benzene rings is 2. The summed E-state index contributed by atoms with van der Waals surface area (Å²) in [5.74, 6) is -0.892. The van der Waals surface area contributed by atoms with Crippen molar-refractivity contribution in [3.8, 4) is 0 Å². The van der Waals surface area contributed by atoms with E-state index in [1.807, 2.05) is 6.92 Å². The molecule has 8 heteroatoms. The molecule has 0 spiro atoms. The summed E-state index contributed by atoms with van der Waals surface area (Å²) >= 11 is 0. The predicted molar refractivity (Wildman–Crippen MR) is 107 cm³/mol. The predicted octanol–water partition coefficient (Wildman–Crippen LogP) is 3.19. The van der Waals surface area contributed by atoms with Crippen molar-refractivity contribution in [3.05, 3.63) is 59.7 Å². The van der Waals surface area contributed by atoms with Gasteiger partial charge in [0.15, 0.2) is 0 Å². The molecule has 0 aromatic heterocycles. The Kier molecular flexibility index (Phi) is 7.31. The molecular formula is C20H24N2O5S. The van der Waals surface area contributed by atoms with Crippen molar-refractivity contribution in [2.24, 2.45) is 0 Å². The number of hydrogen-bond donors (Lipinski definition) is 2. The number of carbonyl (C=O) groups excluding carboxylic acids is 2. The third kappa shape index (κ3) is 5.64. The molecule has 0 saturated carbocycles. The van der Waals surface area contributed by atoms with Gasteiger partial charge in [0, 0.05) is 17.3 Å². The molecule has 0 radical (unpaired) electrons. The van der Waals surface area contributed by atoms with Gasteiger partial charge in [-0.3, -0.25) is 4.79 Å². The van der Waals surface area contributed by atoms with Crippen molar-refractivity contribution in [1.82, 2.24) is 4.72 Å². The highest BCUT2D eigenvalue weighted by Crippen LogP contribution is 2.16. The average Bonchev–Trinajstić information content (AvgIpc) is 2.68. The Morgan fingerprint density at radius 2 is 1.71 bits per heavy atom. The summed E-state index contributed by atoms with van der Waals surface area (Å²) in [6, 6.07) is 11.9. The smallest absolute Gasteiger partial charge is 0.338 e. The number of esters is 1. The van der Waals surface area contributed by atoms with E-state index in [4.69, 9.17) is 4.74 Å². The van der Waals surface area contributed by atoms with E-state index in [0.717, 1.165) is 0 Å². The van der Waals surface area contributed by atoms with Crippen LogP contribution in [0.15, 0.2) is 53.4 Å². The topological polar surface area (TPSA) is 102 Å². The quantitative estimate of drug-likeness (QED) is 0.658. The molecule has 2 aromatic carbocycles. The molecule has 1 amide bonds. The Labute approximate surface area is 165 Å². The van der Waals surface area contributed by atoms with E-state index in [9.17, 15) is 18.0 Å². The van der Waals surface area contributed by atoms with E-state index in [0.29, 0.717) is 17.7 Å². The molecule has 0 aliphatic rings. The number of rotatable bonds is 8. The molecule has 0 fully saturated rings. The molecule has 28 heavy (non-hydrogen) atoms. The molecule has 1 atom stereocenters. The minimum Gasteiger partial charge on any atom is -0.462 e. The molecule has 150 valence electrons. The molecule has 0 saturated heterocycles. The summed E-state index contributed by atoms with van der Waals surface area (Å²) < 4.78 is 32.3. The summed E-state index contributed by atoms with van der Waals surface area (Å²) in [6.07, 6.45) is 0.654. The number of sulfonamides is 1. The number of amides is 1. The molecule has 2 aromatic rings. The first-order valence-electron chi connectivity index (χ1n) is 8.97. The fourth-order valence-corrected chi connectivity index (χ4v) is 3.70. The zero-order valence-corrected chi connectivity index (χ0v) is 16.9. The zero-order chi connectivity index (χ0) is 20.7. The average molecular weight is 404 g/mol. The zero-order valence-electron chi connectivity index (χ0n) is 16.1. The van der Waals surface area contributed by atoms with Crippen LogP contribution in [0.2, 0.25) is 0 Å². The van der Waals surface area contributed by atoms with Crippen molar-refractivity contribution in [3.63, 3.8) is 0 Å². The Hall–Kier alpha value is -2.71. The van der Waals surface area contributed by atoms with E-state index in [1.54, 1.807) is 38.1 Å². The summed E-state index contributed by atoms with van der Waals surface area (Å²) in [5, 5.41) is 2.68. The minimum absolute atomic E-state index is 0.0260. The van der Waals surface area contributed by atoms with Crippen LogP contribution in [-0.4, -0.2) is 32.9 Å². The Morgan fingerprint density at radius 1 is 1.04 bits per heavy atom. The molecular weight excluding hydrogens is 380 g/mol. The van der Waals surface area contributed by atoms with Gasteiger partial charge in [-0.05, 0) is 62.7 Å². The fourth-order valence-electron chi connectivity index (χ4n) is 2.33. The summed E-state index contributed by atoms with van der Waals surface area (Å²) in [4.78, 5) is 24.2. The van der Waals surface area contributed by atoms with Gasteiger partial charge < -0.3 is 10.1 Å². The molecule has 0 aliphatic heterocycles. The summed E-state index contributed by atoms with van der Waals surface area (Å²) in [7, 11) is -3.70. The van der Waals surface area contributed by atoms with Crippen LogP contribution in [0.25, 0.3) is 0 Å². The lowest BCUT2D eigenvalue weighted by Gasteiger charge is -2.13. The molecule has 0 heterocycles. The number of carbonyl (C=O) groups is 2. The molecule has 2 N–H and O–H groups in total. The van der Waals surface area contributed by atoms with Crippen LogP contribution in [-0.2, 0) is 14.8 Å². The van der Waals surface area contributed by atoms with Crippen LogP contribution >= 0.6 is 0 Å². The van der Waals surface area contributed by atoms with E-state index in [1.165, 1.54) is 24.3 Å². The second-order valence-corrected chi connectivity index (χ2v) is 7.92. The number of anilines is 1. The van der Waals surface area contributed by atoms with Gasteiger partial charge in [-0.15, -0.1) is 0 Å². The van der Waals surface area contributed by atoms with Gasteiger partial charge in [-0.25, -0.2) is 17.9 Å². The number of ether oxygens (including phenoxy) is 1. The van der Waals surface area contributed by atoms with Gasteiger partial charge in [0.2, 0.25) is 10.0 Å². The van der Waals surface area contributed by atoms with E-state index < -0.39 is 21.9 Å². The number of hydrogen-bond acceptors (Lipinski definition) is 5. The van der Waals surface area contributed by atoms with E-state index in [2.05, 4.69) is 10.0 Å². The highest BCUT2D eigenvalue weighted by Gasteiger charge is 2.18. The molecule has 0 unspecified atom stereocenters. The maximum absolute atomic E-state index is 12.5.